The normalized spacial score (nSPS) is 28.2. The number of carbonyl (C=O) groups is 2. The molecule has 0 saturated heterocycles. The second-order valence-corrected chi connectivity index (χ2v) is 10.1. The summed E-state index contributed by atoms with van der Waals surface area (Å²) in [6.07, 6.45) is 13.0. The van der Waals surface area contributed by atoms with Crippen molar-refractivity contribution in [3.8, 4) is 0 Å². The molecule has 30 heavy (non-hydrogen) atoms. The Morgan fingerprint density at radius 2 is 1.83 bits per heavy atom. The first kappa shape index (κ1) is 19.9. The Morgan fingerprint density at radius 1 is 1.03 bits per heavy atom. The maximum absolute atomic E-state index is 13.0. The summed E-state index contributed by atoms with van der Waals surface area (Å²) in [7, 11) is 1.73. The highest BCUT2D eigenvalue weighted by molar-refractivity contribution is 5.97. The Balaban J connectivity index is 1.27. The van der Waals surface area contributed by atoms with E-state index in [-0.39, 0.29) is 18.4 Å². The molecule has 1 aliphatic heterocycles. The lowest BCUT2D eigenvalue weighted by molar-refractivity contribution is -0.121. The van der Waals surface area contributed by atoms with Crippen molar-refractivity contribution in [1.82, 2.24) is 10.2 Å². The molecule has 3 unspecified atom stereocenters. The van der Waals surface area contributed by atoms with Crippen molar-refractivity contribution in [3.05, 3.63) is 29.3 Å². The third-order valence-electron chi connectivity index (χ3n) is 7.92. The van der Waals surface area contributed by atoms with Gasteiger partial charge in [0.25, 0.3) is 5.91 Å². The molecule has 0 aromatic heterocycles. The highest BCUT2D eigenvalue weighted by Gasteiger charge is 2.40. The zero-order chi connectivity index (χ0) is 20.7. The molecule has 5 nitrogen and oxygen atoms in total. The monoisotopic (exact) mass is 409 g/mol. The number of nitrogens with one attached hydrogen (secondary N) is 2. The Morgan fingerprint density at radius 3 is 2.60 bits per heavy atom. The Kier molecular flexibility index (Phi) is 5.46. The van der Waals surface area contributed by atoms with E-state index in [9.17, 15) is 9.59 Å². The van der Waals surface area contributed by atoms with Gasteiger partial charge in [-0.15, -0.1) is 0 Å². The van der Waals surface area contributed by atoms with Crippen molar-refractivity contribution in [1.29, 1.82) is 0 Å². The van der Waals surface area contributed by atoms with Crippen molar-refractivity contribution < 1.29 is 9.59 Å². The van der Waals surface area contributed by atoms with Crippen LogP contribution < -0.4 is 10.6 Å². The van der Waals surface area contributed by atoms with Gasteiger partial charge in [-0.1, -0.05) is 32.1 Å². The SMILES string of the molecule is CN(CC(=O)NC1CC1)C(=O)c1ccc2c(c1)C1CC(C3CCCCC3)CCC1N2. The van der Waals surface area contributed by atoms with Crippen LogP contribution in [0.2, 0.25) is 0 Å². The molecule has 0 spiro atoms. The van der Waals surface area contributed by atoms with Crippen molar-refractivity contribution in [2.45, 2.75) is 82.2 Å². The smallest absolute Gasteiger partial charge is 0.254 e. The first-order valence-electron chi connectivity index (χ1n) is 12.0. The minimum atomic E-state index is -0.0631. The number of likely N-dealkylation sites (N-methyl/N-ethyl adjacent to an activating group) is 1. The standard InChI is InChI=1S/C25H35N3O2/c1-28(15-24(29)26-19-9-10-19)25(30)18-8-12-23-21(14-18)20-13-17(7-11-22(20)27-23)16-5-3-2-4-6-16/h8,12,14,16-17,19-20,22,27H,2-7,9-11,13,15H2,1H3,(H,26,29). The van der Waals surface area contributed by atoms with Crippen molar-refractivity contribution >= 4 is 17.5 Å². The molecule has 0 radical (unpaired) electrons. The Labute approximate surface area is 180 Å². The Bertz CT molecular complexity index is 813. The van der Waals surface area contributed by atoms with Crippen LogP contribution in [0, 0.1) is 11.8 Å². The summed E-state index contributed by atoms with van der Waals surface area (Å²) in [5.41, 5.74) is 3.24. The topological polar surface area (TPSA) is 61.4 Å². The molecular weight excluding hydrogens is 374 g/mol. The summed E-state index contributed by atoms with van der Waals surface area (Å²) in [4.78, 5) is 26.6. The molecule has 3 saturated carbocycles. The summed E-state index contributed by atoms with van der Waals surface area (Å²) >= 11 is 0. The number of hydrogen-bond acceptors (Lipinski definition) is 3. The van der Waals surface area contributed by atoms with Crippen LogP contribution in [0.25, 0.3) is 0 Å². The summed E-state index contributed by atoms with van der Waals surface area (Å²) in [6, 6.07) is 6.95. The van der Waals surface area contributed by atoms with E-state index in [0.717, 1.165) is 24.7 Å². The quantitative estimate of drug-likeness (QED) is 0.762. The lowest BCUT2D eigenvalue weighted by Crippen LogP contribution is -2.39. The van der Waals surface area contributed by atoms with Crippen LogP contribution in [0.1, 0.15) is 86.0 Å². The molecule has 5 rings (SSSR count). The number of fused-ring (bicyclic) bond motifs is 3. The third-order valence-corrected chi connectivity index (χ3v) is 7.92. The van der Waals surface area contributed by atoms with E-state index in [4.69, 9.17) is 0 Å². The van der Waals surface area contributed by atoms with Gasteiger partial charge in [0.2, 0.25) is 5.91 Å². The average Bonchev–Trinajstić information content (AvgIpc) is 3.50. The first-order chi connectivity index (χ1) is 14.6. The maximum Gasteiger partial charge on any atom is 0.254 e. The van der Waals surface area contributed by atoms with Gasteiger partial charge in [0.15, 0.2) is 0 Å². The molecule has 3 aliphatic carbocycles. The Hall–Kier alpha value is -2.04. The number of benzene rings is 1. The van der Waals surface area contributed by atoms with Crippen LogP contribution in [-0.4, -0.2) is 42.4 Å². The van der Waals surface area contributed by atoms with Gasteiger partial charge in [-0.05, 0) is 67.7 Å². The molecule has 3 fully saturated rings. The molecule has 162 valence electrons. The zero-order valence-corrected chi connectivity index (χ0v) is 18.2. The van der Waals surface area contributed by atoms with Gasteiger partial charge in [0, 0.05) is 36.3 Å². The minimum Gasteiger partial charge on any atom is -0.381 e. The lowest BCUT2D eigenvalue weighted by Gasteiger charge is -2.38. The third kappa shape index (κ3) is 4.08. The predicted molar refractivity (Wildman–Crippen MR) is 119 cm³/mol. The number of hydrogen-bond donors (Lipinski definition) is 2. The van der Waals surface area contributed by atoms with E-state index in [2.05, 4.69) is 22.8 Å². The van der Waals surface area contributed by atoms with Crippen LogP contribution in [0.3, 0.4) is 0 Å². The highest BCUT2D eigenvalue weighted by atomic mass is 16.2. The number of rotatable bonds is 5. The van der Waals surface area contributed by atoms with Crippen LogP contribution in [-0.2, 0) is 4.79 Å². The zero-order valence-electron chi connectivity index (χ0n) is 18.2. The van der Waals surface area contributed by atoms with Gasteiger partial charge in [0.1, 0.15) is 0 Å². The molecule has 1 heterocycles. The first-order valence-corrected chi connectivity index (χ1v) is 12.0. The van der Waals surface area contributed by atoms with Gasteiger partial charge in [-0.3, -0.25) is 9.59 Å². The molecule has 2 amide bonds. The number of amides is 2. The molecule has 3 atom stereocenters. The lowest BCUT2D eigenvalue weighted by atomic mass is 9.68. The number of nitrogens with zero attached hydrogens (tertiary/aromatic N) is 1. The molecule has 1 aromatic rings. The van der Waals surface area contributed by atoms with Crippen LogP contribution in [0.4, 0.5) is 5.69 Å². The average molecular weight is 410 g/mol. The van der Waals surface area contributed by atoms with Gasteiger partial charge >= 0.3 is 0 Å². The van der Waals surface area contributed by atoms with Crippen LogP contribution in [0.15, 0.2) is 18.2 Å². The van der Waals surface area contributed by atoms with Crippen molar-refractivity contribution in [2.24, 2.45) is 11.8 Å². The fourth-order valence-corrected chi connectivity index (χ4v) is 6.10. The maximum atomic E-state index is 13.0. The number of anilines is 1. The van der Waals surface area contributed by atoms with Gasteiger partial charge in [0.05, 0.1) is 6.54 Å². The van der Waals surface area contributed by atoms with Crippen molar-refractivity contribution in [2.75, 3.05) is 18.9 Å². The molecule has 2 N–H and O–H groups in total. The van der Waals surface area contributed by atoms with E-state index in [1.54, 1.807) is 11.9 Å². The number of carbonyl (C=O) groups excluding carboxylic acids is 2. The van der Waals surface area contributed by atoms with E-state index < -0.39 is 0 Å². The van der Waals surface area contributed by atoms with Gasteiger partial charge in [-0.2, -0.15) is 0 Å². The van der Waals surface area contributed by atoms with E-state index in [1.165, 1.54) is 62.6 Å². The largest absolute Gasteiger partial charge is 0.381 e. The van der Waals surface area contributed by atoms with Gasteiger partial charge in [-0.25, -0.2) is 0 Å². The van der Waals surface area contributed by atoms with Crippen LogP contribution >= 0.6 is 0 Å². The molecule has 5 heteroatoms. The summed E-state index contributed by atoms with van der Waals surface area (Å²) < 4.78 is 0. The second kappa shape index (κ2) is 8.24. The van der Waals surface area contributed by atoms with E-state index in [0.29, 0.717) is 23.6 Å². The van der Waals surface area contributed by atoms with Crippen LogP contribution in [0.5, 0.6) is 0 Å². The fraction of sp³-hybridized carbons (Fsp3) is 0.680. The highest BCUT2D eigenvalue weighted by Crippen LogP contribution is 2.49. The van der Waals surface area contributed by atoms with E-state index >= 15 is 0 Å². The summed E-state index contributed by atoms with van der Waals surface area (Å²) in [5, 5.41) is 6.69. The summed E-state index contributed by atoms with van der Waals surface area (Å²) in [6.45, 7) is 0.125. The predicted octanol–water partition coefficient (Wildman–Crippen LogP) is 4.30. The van der Waals surface area contributed by atoms with Gasteiger partial charge < -0.3 is 15.5 Å². The molecule has 0 bridgehead atoms. The minimum absolute atomic E-state index is 0.0566. The van der Waals surface area contributed by atoms with E-state index in [1.807, 2.05) is 6.07 Å². The molecule has 1 aromatic carbocycles. The van der Waals surface area contributed by atoms with Crippen molar-refractivity contribution in [3.63, 3.8) is 0 Å². The molecular formula is C25H35N3O2. The molecule has 4 aliphatic rings. The summed E-state index contributed by atoms with van der Waals surface area (Å²) in [5.74, 6) is 2.15. The second-order valence-electron chi connectivity index (χ2n) is 10.1. The fourth-order valence-electron chi connectivity index (χ4n) is 6.10.